The maximum Gasteiger partial charge on any atom is 0.303 e. The van der Waals surface area contributed by atoms with Crippen molar-refractivity contribution in [2.75, 3.05) is 0 Å². The molecule has 0 amide bonds. The minimum Gasteiger partial charge on any atom is -0.481 e. The third-order valence-electron chi connectivity index (χ3n) is 12.1. The fourth-order valence-electron chi connectivity index (χ4n) is 8.95. The third-order valence-corrected chi connectivity index (χ3v) is 12.1. The molecule has 7 aromatic rings. The highest BCUT2D eigenvalue weighted by Gasteiger charge is 2.20. The highest BCUT2D eigenvalue weighted by molar-refractivity contribution is 6.00. The number of aliphatic carboxylic acids is 4. The second-order valence-corrected chi connectivity index (χ2v) is 16.9. The van der Waals surface area contributed by atoms with Gasteiger partial charge in [0.25, 0.3) is 0 Å². The Labute approximate surface area is 390 Å². The van der Waals surface area contributed by atoms with Gasteiger partial charge < -0.3 is 30.4 Å². The number of benzene rings is 4. The Morgan fingerprint density at radius 1 is 0.353 bits per heavy atom. The molecule has 8 bridgehead atoms. The van der Waals surface area contributed by atoms with Gasteiger partial charge in [0.15, 0.2) is 0 Å². The number of fused-ring (bicyclic) bond motifs is 8. The van der Waals surface area contributed by atoms with Gasteiger partial charge in [-0.05, 0) is 119 Å². The summed E-state index contributed by atoms with van der Waals surface area (Å²) in [5, 5.41) is 38.2. The molecule has 0 unspecified atom stereocenters. The van der Waals surface area contributed by atoms with Gasteiger partial charge in [-0.1, -0.05) is 97.1 Å². The Kier molecular flexibility index (Phi) is 12.7. The molecule has 12 nitrogen and oxygen atoms in total. The number of hydrogen-bond acceptors (Lipinski definition) is 6. The number of nitrogens with one attached hydrogen (secondary N) is 2. The van der Waals surface area contributed by atoms with Gasteiger partial charge in [-0.15, -0.1) is 0 Å². The lowest BCUT2D eigenvalue weighted by Crippen LogP contribution is -1.98. The number of hydrogen-bond donors (Lipinski definition) is 6. The summed E-state index contributed by atoms with van der Waals surface area (Å²) in [4.78, 5) is 64.7. The lowest BCUT2D eigenvalue weighted by atomic mass is 9.99. The van der Waals surface area contributed by atoms with Gasteiger partial charge >= 0.3 is 23.9 Å². The average molecular weight is 903 g/mol. The lowest BCUT2D eigenvalue weighted by Gasteiger charge is -2.09. The van der Waals surface area contributed by atoms with Crippen molar-refractivity contribution in [1.29, 1.82) is 0 Å². The Morgan fingerprint density at radius 2 is 0.588 bits per heavy atom. The van der Waals surface area contributed by atoms with E-state index in [-0.39, 0.29) is 25.7 Å². The Bertz CT molecular complexity index is 2960. The number of aryl methyl sites for hydroxylation is 4. The van der Waals surface area contributed by atoms with Crippen molar-refractivity contribution in [3.63, 3.8) is 0 Å². The van der Waals surface area contributed by atoms with Gasteiger partial charge in [0.1, 0.15) is 0 Å². The first-order valence-electron chi connectivity index (χ1n) is 22.4. The number of H-pyrrole nitrogens is 2. The van der Waals surface area contributed by atoms with Crippen LogP contribution in [0.15, 0.2) is 121 Å². The molecule has 68 heavy (non-hydrogen) atoms. The molecular formula is C56H46N4O8. The number of carboxylic acids is 4. The van der Waals surface area contributed by atoms with Crippen molar-refractivity contribution in [1.82, 2.24) is 19.9 Å². The molecule has 5 heterocycles. The number of rotatable bonds is 16. The molecular weight excluding hydrogens is 857 g/mol. The van der Waals surface area contributed by atoms with Crippen LogP contribution in [0.1, 0.15) is 70.7 Å². The van der Waals surface area contributed by atoms with Crippen LogP contribution in [0, 0.1) is 0 Å². The van der Waals surface area contributed by atoms with E-state index >= 15 is 0 Å². The van der Waals surface area contributed by atoms with Crippen LogP contribution in [-0.4, -0.2) is 64.2 Å². The lowest BCUT2D eigenvalue weighted by molar-refractivity contribution is -0.138. The fourth-order valence-corrected chi connectivity index (χ4v) is 8.95. The van der Waals surface area contributed by atoms with Crippen molar-refractivity contribution in [2.24, 2.45) is 0 Å². The normalized spacial score (nSPS) is 11.8. The summed E-state index contributed by atoms with van der Waals surface area (Å²) in [7, 11) is 0. The summed E-state index contributed by atoms with van der Waals surface area (Å²) in [5.41, 5.74) is 15.4. The van der Waals surface area contributed by atoms with E-state index in [1.165, 1.54) is 0 Å². The predicted molar refractivity (Wildman–Crippen MR) is 264 cm³/mol. The monoisotopic (exact) mass is 902 g/mol. The minimum atomic E-state index is -0.889. The van der Waals surface area contributed by atoms with Crippen LogP contribution in [0.2, 0.25) is 0 Å². The second kappa shape index (κ2) is 19.4. The molecule has 0 spiro atoms. The van der Waals surface area contributed by atoms with Crippen molar-refractivity contribution >= 4 is 70.2 Å². The third kappa shape index (κ3) is 9.94. The molecule has 0 aliphatic carbocycles. The highest BCUT2D eigenvalue weighted by atomic mass is 16.4. The molecule has 0 atom stereocenters. The summed E-state index contributed by atoms with van der Waals surface area (Å²) in [6.07, 6.45) is 9.10. The first-order valence-corrected chi connectivity index (χ1v) is 22.4. The number of nitrogens with zero attached hydrogens (tertiary/aromatic N) is 2. The van der Waals surface area contributed by atoms with Crippen LogP contribution >= 0.6 is 0 Å². The van der Waals surface area contributed by atoms with Crippen LogP contribution in [0.25, 0.3) is 90.9 Å². The zero-order valence-electron chi connectivity index (χ0n) is 36.8. The zero-order valence-corrected chi connectivity index (χ0v) is 36.8. The SMILES string of the molecule is O=C(O)CCc1cccc(-c2c3nc(c(-c4cccc(CCC(=O)O)c4)c4ccc([nH]4)c(-c4cccc(CCC(=O)O)c4)c4nc(c(-c5cccc(CCC(=O)O)c5)c5ccc2[nH]5)C=C4)C=C3)c1. The molecule has 6 N–H and O–H groups in total. The Morgan fingerprint density at radius 3 is 0.809 bits per heavy atom. The molecule has 0 fully saturated rings. The van der Waals surface area contributed by atoms with Gasteiger partial charge in [-0.3, -0.25) is 19.2 Å². The van der Waals surface area contributed by atoms with Crippen LogP contribution in [0.5, 0.6) is 0 Å². The van der Waals surface area contributed by atoms with Gasteiger partial charge in [0.05, 0.1) is 22.8 Å². The standard InChI is InChI=1S/C56H46N4O8/c61-49(62)25-13-33-5-1-9-37(29-33)53-41-17-19-43(57-41)54(38-10-2-6-34(30-38)14-26-50(63)64)45-21-23-47(59-45)56(40-12-4-8-36(32-40)16-28-52(67)68)48-24-22-46(60-48)55(44-20-18-42(53)58-44)39-11-3-7-35(31-39)15-27-51(65)66/h1-12,17-24,29-32,57,60H,13-16,25-28H2,(H,61,62)(H,63,64)(H,65,66)(H,67,68). The van der Waals surface area contributed by atoms with E-state index in [1.807, 2.05) is 146 Å². The first kappa shape index (κ1) is 44.6. The van der Waals surface area contributed by atoms with E-state index in [1.54, 1.807) is 0 Å². The molecule has 12 heteroatoms. The number of aromatic nitrogens is 4. The maximum atomic E-state index is 11.6. The molecule has 4 aromatic carbocycles. The summed E-state index contributed by atoms with van der Waals surface area (Å²) in [6, 6.07) is 39.2. The van der Waals surface area contributed by atoms with Crippen LogP contribution in [-0.2, 0) is 44.9 Å². The van der Waals surface area contributed by atoms with E-state index in [0.717, 1.165) is 88.8 Å². The topological polar surface area (TPSA) is 207 Å². The van der Waals surface area contributed by atoms with Crippen molar-refractivity contribution in [2.45, 2.75) is 51.4 Å². The molecule has 2 aliphatic heterocycles. The highest BCUT2D eigenvalue weighted by Crippen LogP contribution is 2.39. The van der Waals surface area contributed by atoms with E-state index < -0.39 is 23.9 Å². The Hall–Kier alpha value is -8.64. The van der Waals surface area contributed by atoms with Gasteiger partial charge in [-0.25, -0.2) is 9.97 Å². The van der Waals surface area contributed by atoms with E-state index in [0.29, 0.717) is 48.5 Å². The fraction of sp³-hybridized carbons (Fsp3) is 0.143. The number of aromatic amines is 2. The molecule has 0 saturated carbocycles. The largest absolute Gasteiger partial charge is 0.481 e. The predicted octanol–water partition coefficient (Wildman–Crippen LogP) is 11.4. The smallest absolute Gasteiger partial charge is 0.303 e. The van der Waals surface area contributed by atoms with Crippen molar-refractivity contribution in [3.05, 3.63) is 166 Å². The van der Waals surface area contributed by atoms with E-state index in [9.17, 15) is 39.6 Å². The first-order chi connectivity index (χ1) is 32.9. The molecule has 0 saturated heterocycles. The van der Waals surface area contributed by atoms with Crippen LogP contribution in [0.3, 0.4) is 0 Å². The van der Waals surface area contributed by atoms with Crippen molar-refractivity contribution < 1.29 is 39.6 Å². The number of carboxylic acid groups (broad SMARTS) is 4. The quantitative estimate of drug-likeness (QED) is 0.0541. The maximum absolute atomic E-state index is 11.6. The second-order valence-electron chi connectivity index (χ2n) is 16.9. The Balaban J connectivity index is 1.39. The molecule has 0 radical (unpaired) electrons. The van der Waals surface area contributed by atoms with Gasteiger partial charge in [0.2, 0.25) is 0 Å². The molecule has 338 valence electrons. The van der Waals surface area contributed by atoms with Crippen LogP contribution in [0.4, 0.5) is 0 Å². The van der Waals surface area contributed by atoms with E-state index in [2.05, 4.69) is 9.97 Å². The number of carbonyl (C=O) groups is 4. The molecule has 9 rings (SSSR count). The zero-order chi connectivity index (χ0) is 47.3. The van der Waals surface area contributed by atoms with Crippen molar-refractivity contribution in [3.8, 4) is 44.5 Å². The summed E-state index contributed by atoms with van der Waals surface area (Å²) < 4.78 is 0. The van der Waals surface area contributed by atoms with Gasteiger partial charge in [0, 0.05) is 70.0 Å². The van der Waals surface area contributed by atoms with Gasteiger partial charge in [-0.2, -0.15) is 0 Å². The van der Waals surface area contributed by atoms with Crippen LogP contribution < -0.4 is 0 Å². The van der Waals surface area contributed by atoms with E-state index in [4.69, 9.17) is 9.97 Å². The summed E-state index contributed by atoms with van der Waals surface area (Å²) >= 11 is 0. The summed E-state index contributed by atoms with van der Waals surface area (Å²) in [6.45, 7) is 0. The minimum absolute atomic E-state index is 0.0278. The molecule has 3 aromatic heterocycles. The molecule has 2 aliphatic rings. The average Bonchev–Trinajstić information content (AvgIpc) is 4.18. The summed E-state index contributed by atoms with van der Waals surface area (Å²) in [5.74, 6) is -3.56.